The highest BCUT2D eigenvalue weighted by atomic mass is 32.2. The summed E-state index contributed by atoms with van der Waals surface area (Å²) in [5, 5.41) is 0. The van der Waals surface area contributed by atoms with Gasteiger partial charge in [0.05, 0.1) is 6.26 Å². The van der Waals surface area contributed by atoms with E-state index in [1.807, 2.05) is 0 Å². The lowest BCUT2D eigenvalue weighted by Crippen LogP contribution is -2.50. The number of hydrogen-bond acceptors (Lipinski definition) is 4. The van der Waals surface area contributed by atoms with Crippen LogP contribution >= 0.6 is 0 Å². The van der Waals surface area contributed by atoms with Crippen LogP contribution in [0.2, 0.25) is 0 Å². The van der Waals surface area contributed by atoms with Gasteiger partial charge in [-0.3, -0.25) is 0 Å². The molecule has 0 aromatic heterocycles. The Balaban J connectivity index is 1.87. The highest BCUT2D eigenvalue weighted by molar-refractivity contribution is 7.88. The largest absolute Gasteiger partial charge is 0.327 e. The average Bonchev–Trinajstić information content (AvgIpc) is 2.40. The van der Waals surface area contributed by atoms with Gasteiger partial charge in [0.1, 0.15) is 0 Å². The molecule has 2 rings (SSSR count). The number of rotatable bonds is 4. The van der Waals surface area contributed by atoms with Crippen LogP contribution in [0.1, 0.15) is 32.6 Å². The Morgan fingerprint density at radius 1 is 1.20 bits per heavy atom. The second-order valence-electron chi connectivity index (χ2n) is 6.51. The number of hydrogen-bond donors (Lipinski definition) is 1. The molecule has 118 valence electrons. The molecule has 5 nitrogen and oxygen atoms in total. The van der Waals surface area contributed by atoms with E-state index in [1.54, 1.807) is 4.31 Å². The van der Waals surface area contributed by atoms with E-state index in [9.17, 15) is 8.42 Å². The third-order valence-electron chi connectivity index (χ3n) is 4.87. The number of nitrogens with two attached hydrogens (primary N) is 1. The van der Waals surface area contributed by atoms with E-state index in [1.165, 1.54) is 6.26 Å². The third-order valence-corrected chi connectivity index (χ3v) is 6.14. The molecule has 2 fully saturated rings. The van der Waals surface area contributed by atoms with E-state index < -0.39 is 10.0 Å². The molecule has 0 spiro atoms. The molecule has 2 saturated heterocycles. The first kappa shape index (κ1) is 16.2. The molecule has 3 unspecified atom stereocenters. The minimum atomic E-state index is -3.03. The predicted octanol–water partition coefficient (Wildman–Crippen LogP) is 0.717. The van der Waals surface area contributed by atoms with Gasteiger partial charge in [-0.25, -0.2) is 12.7 Å². The van der Waals surface area contributed by atoms with Gasteiger partial charge in [0.25, 0.3) is 0 Å². The fourth-order valence-electron chi connectivity index (χ4n) is 3.57. The Hall–Kier alpha value is -0.170. The van der Waals surface area contributed by atoms with E-state index in [-0.39, 0.29) is 0 Å². The molecule has 0 saturated carbocycles. The number of nitrogens with zero attached hydrogens (tertiary/aromatic N) is 2. The summed E-state index contributed by atoms with van der Waals surface area (Å²) in [4.78, 5) is 2.49. The van der Waals surface area contributed by atoms with Crippen molar-refractivity contribution in [3.63, 3.8) is 0 Å². The van der Waals surface area contributed by atoms with E-state index in [0.717, 1.165) is 45.3 Å². The van der Waals surface area contributed by atoms with Gasteiger partial charge in [0, 0.05) is 32.2 Å². The van der Waals surface area contributed by atoms with Gasteiger partial charge in [-0.1, -0.05) is 13.3 Å². The minimum Gasteiger partial charge on any atom is -0.327 e. The van der Waals surface area contributed by atoms with E-state index in [4.69, 9.17) is 5.73 Å². The maximum Gasteiger partial charge on any atom is 0.211 e. The molecule has 0 aliphatic carbocycles. The quantitative estimate of drug-likeness (QED) is 0.831. The molecule has 2 aliphatic heterocycles. The molecule has 0 aromatic carbocycles. The summed E-state index contributed by atoms with van der Waals surface area (Å²) in [6.45, 7) is 6.76. The van der Waals surface area contributed by atoms with E-state index in [0.29, 0.717) is 31.0 Å². The van der Waals surface area contributed by atoms with Gasteiger partial charge in [0.15, 0.2) is 0 Å². The van der Waals surface area contributed by atoms with E-state index in [2.05, 4.69) is 11.8 Å². The zero-order valence-corrected chi connectivity index (χ0v) is 13.6. The fourth-order valence-corrected chi connectivity index (χ4v) is 4.51. The van der Waals surface area contributed by atoms with Gasteiger partial charge in [-0.2, -0.15) is 0 Å². The molecule has 0 amide bonds. The highest BCUT2D eigenvalue weighted by Crippen LogP contribution is 2.23. The standard InChI is InChI=1S/C14H29N3O2S/c1-3-13-11-16(8-6-14(13)15)9-12-5-4-7-17(10-12)20(2,18)19/h12-14H,3-11,15H2,1-2H3. The van der Waals surface area contributed by atoms with Crippen LogP contribution in [-0.2, 0) is 10.0 Å². The Labute approximate surface area is 123 Å². The Morgan fingerprint density at radius 3 is 2.60 bits per heavy atom. The van der Waals surface area contributed by atoms with Gasteiger partial charge in [-0.15, -0.1) is 0 Å². The molecule has 0 bridgehead atoms. The predicted molar refractivity (Wildman–Crippen MR) is 82.0 cm³/mol. The van der Waals surface area contributed by atoms with E-state index >= 15 is 0 Å². The minimum absolute atomic E-state index is 0.343. The van der Waals surface area contributed by atoms with Crippen LogP contribution in [0.4, 0.5) is 0 Å². The molecule has 20 heavy (non-hydrogen) atoms. The molecular formula is C14H29N3O2S. The van der Waals surface area contributed by atoms with Crippen molar-refractivity contribution in [2.75, 3.05) is 39.0 Å². The van der Waals surface area contributed by atoms with Crippen LogP contribution < -0.4 is 5.73 Å². The van der Waals surface area contributed by atoms with Crippen LogP contribution in [-0.4, -0.2) is 62.6 Å². The maximum absolute atomic E-state index is 11.7. The van der Waals surface area contributed by atoms with Gasteiger partial charge in [-0.05, 0) is 37.6 Å². The third kappa shape index (κ3) is 4.16. The number of sulfonamides is 1. The maximum atomic E-state index is 11.7. The molecule has 2 aliphatic rings. The zero-order chi connectivity index (χ0) is 14.8. The first-order valence-electron chi connectivity index (χ1n) is 7.83. The SMILES string of the molecule is CCC1CN(CC2CCCN(S(C)(=O)=O)C2)CCC1N. The average molecular weight is 303 g/mol. The summed E-state index contributed by atoms with van der Waals surface area (Å²) in [5.41, 5.74) is 6.15. The molecule has 6 heteroatoms. The molecule has 3 atom stereocenters. The van der Waals surface area contributed by atoms with Gasteiger partial charge >= 0.3 is 0 Å². The van der Waals surface area contributed by atoms with Gasteiger partial charge in [0.2, 0.25) is 10.0 Å². The van der Waals surface area contributed by atoms with Gasteiger partial charge < -0.3 is 10.6 Å². The second-order valence-corrected chi connectivity index (χ2v) is 8.49. The Bertz CT molecular complexity index is 413. The molecule has 2 N–H and O–H groups in total. The Morgan fingerprint density at radius 2 is 1.95 bits per heavy atom. The van der Waals surface area contributed by atoms with Crippen molar-refractivity contribution in [1.29, 1.82) is 0 Å². The number of likely N-dealkylation sites (tertiary alicyclic amines) is 1. The fraction of sp³-hybridized carbons (Fsp3) is 1.00. The lowest BCUT2D eigenvalue weighted by Gasteiger charge is -2.40. The van der Waals surface area contributed by atoms with Crippen LogP contribution in [0.15, 0.2) is 0 Å². The summed E-state index contributed by atoms with van der Waals surface area (Å²) in [6, 6.07) is 0.343. The number of piperidine rings is 2. The van der Waals surface area contributed by atoms with Crippen molar-refractivity contribution in [2.24, 2.45) is 17.6 Å². The second kappa shape index (κ2) is 6.73. The Kier molecular flexibility index (Phi) is 5.45. The summed E-state index contributed by atoms with van der Waals surface area (Å²) in [5.74, 6) is 1.07. The summed E-state index contributed by atoms with van der Waals surface area (Å²) in [7, 11) is -3.03. The summed E-state index contributed by atoms with van der Waals surface area (Å²) >= 11 is 0. The highest BCUT2D eigenvalue weighted by Gasteiger charge is 2.30. The van der Waals surface area contributed by atoms with Crippen LogP contribution in [0, 0.1) is 11.8 Å². The van der Waals surface area contributed by atoms with Crippen molar-refractivity contribution in [1.82, 2.24) is 9.21 Å². The summed E-state index contributed by atoms with van der Waals surface area (Å²) in [6.07, 6.45) is 5.66. The summed E-state index contributed by atoms with van der Waals surface area (Å²) < 4.78 is 25.0. The smallest absolute Gasteiger partial charge is 0.211 e. The first-order valence-corrected chi connectivity index (χ1v) is 9.68. The molecule has 0 radical (unpaired) electrons. The van der Waals surface area contributed by atoms with Crippen molar-refractivity contribution in [3.8, 4) is 0 Å². The lowest BCUT2D eigenvalue weighted by atomic mass is 9.89. The normalized spacial score (nSPS) is 34.2. The van der Waals surface area contributed by atoms with Crippen molar-refractivity contribution >= 4 is 10.0 Å². The van der Waals surface area contributed by atoms with Crippen molar-refractivity contribution in [2.45, 2.75) is 38.6 Å². The van der Waals surface area contributed by atoms with Crippen LogP contribution in [0.25, 0.3) is 0 Å². The lowest BCUT2D eigenvalue weighted by molar-refractivity contribution is 0.114. The first-order chi connectivity index (χ1) is 9.40. The topological polar surface area (TPSA) is 66.6 Å². The monoisotopic (exact) mass is 303 g/mol. The molecule has 2 heterocycles. The molecular weight excluding hydrogens is 274 g/mol. The van der Waals surface area contributed by atoms with Crippen LogP contribution in [0.3, 0.4) is 0 Å². The van der Waals surface area contributed by atoms with Crippen LogP contribution in [0.5, 0.6) is 0 Å². The van der Waals surface area contributed by atoms with Crippen molar-refractivity contribution < 1.29 is 8.42 Å². The molecule has 0 aromatic rings. The zero-order valence-electron chi connectivity index (χ0n) is 12.8. The van der Waals surface area contributed by atoms with Crippen molar-refractivity contribution in [3.05, 3.63) is 0 Å².